The van der Waals surface area contributed by atoms with Crippen LogP contribution in [0.2, 0.25) is 0 Å². The van der Waals surface area contributed by atoms with E-state index in [1.165, 1.54) is 6.92 Å². The lowest BCUT2D eigenvalue weighted by molar-refractivity contribution is -0.136. The third kappa shape index (κ3) is 4.42. The maximum atomic E-state index is 14.7. The van der Waals surface area contributed by atoms with Crippen molar-refractivity contribution in [3.63, 3.8) is 0 Å². The molecule has 0 unspecified atom stereocenters. The SMILES string of the molecule is CC(C)c1cnc(N2CC3(CCN(C)C3=O)C2)c2cnc(Nc3ccnc(N4CC[C@@H](O)[C@@](C)(F)C4)n3)cc12. The number of pyridine rings is 2. The molecule has 0 aliphatic carbocycles. The Labute approximate surface area is 227 Å². The van der Waals surface area contributed by atoms with Crippen LogP contribution in [0.5, 0.6) is 0 Å². The Morgan fingerprint density at radius 2 is 1.87 bits per heavy atom. The molecule has 3 aliphatic rings. The molecule has 3 aliphatic heterocycles. The fourth-order valence-corrected chi connectivity index (χ4v) is 6.05. The van der Waals surface area contributed by atoms with Crippen LogP contribution in [0.25, 0.3) is 10.8 Å². The highest BCUT2D eigenvalue weighted by Gasteiger charge is 2.54. The summed E-state index contributed by atoms with van der Waals surface area (Å²) in [5, 5.41) is 15.3. The molecular weight excluding hydrogens is 499 g/mol. The predicted molar refractivity (Wildman–Crippen MR) is 148 cm³/mol. The van der Waals surface area contributed by atoms with E-state index in [1.807, 2.05) is 30.4 Å². The molecule has 0 aromatic carbocycles. The van der Waals surface area contributed by atoms with Gasteiger partial charge in [-0.3, -0.25) is 4.79 Å². The molecule has 6 heterocycles. The van der Waals surface area contributed by atoms with Crippen LogP contribution in [0.4, 0.5) is 27.8 Å². The molecule has 2 N–H and O–H groups in total. The van der Waals surface area contributed by atoms with Crippen molar-refractivity contribution in [3.8, 4) is 0 Å². The summed E-state index contributed by atoms with van der Waals surface area (Å²) in [4.78, 5) is 36.9. The van der Waals surface area contributed by atoms with Gasteiger partial charge in [0.05, 0.1) is 18.1 Å². The molecule has 206 valence electrons. The molecule has 2 atom stereocenters. The quantitative estimate of drug-likeness (QED) is 0.510. The number of aromatic nitrogens is 4. The second-order valence-electron chi connectivity index (χ2n) is 11.8. The normalized spacial score (nSPS) is 24.6. The number of alkyl halides is 1. The van der Waals surface area contributed by atoms with Gasteiger partial charge in [0.15, 0.2) is 5.67 Å². The molecule has 39 heavy (non-hydrogen) atoms. The number of likely N-dealkylation sites (tertiary alicyclic amines) is 1. The zero-order chi connectivity index (χ0) is 27.5. The summed E-state index contributed by atoms with van der Waals surface area (Å²) < 4.78 is 14.7. The highest BCUT2D eigenvalue weighted by molar-refractivity contribution is 5.97. The van der Waals surface area contributed by atoms with Crippen LogP contribution >= 0.6 is 0 Å². The number of aliphatic hydroxyl groups excluding tert-OH is 1. The van der Waals surface area contributed by atoms with Gasteiger partial charge >= 0.3 is 0 Å². The van der Waals surface area contributed by atoms with Gasteiger partial charge in [-0.2, -0.15) is 4.98 Å². The predicted octanol–water partition coefficient (Wildman–Crippen LogP) is 3.25. The smallest absolute Gasteiger partial charge is 0.232 e. The van der Waals surface area contributed by atoms with E-state index in [0.717, 1.165) is 35.1 Å². The number of piperidine rings is 1. The maximum absolute atomic E-state index is 14.7. The van der Waals surface area contributed by atoms with E-state index in [4.69, 9.17) is 4.98 Å². The molecule has 3 aromatic heterocycles. The van der Waals surface area contributed by atoms with Crippen molar-refractivity contribution in [1.82, 2.24) is 24.8 Å². The summed E-state index contributed by atoms with van der Waals surface area (Å²) in [7, 11) is 1.87. The number of hydrogen-bond donors (Lipinski definition) is 2. The van der Waals surface area contributed by atoms with Crippen LogP contribution in [0.1, 0.15) is 45.1 Å². The van der Waals surface area contributed by atoms with Gasteiger partial charge in [-0.1, -0.05) is 13.8 Å². The van der Waals surface area contributed by atoms with Crippen molar-refractivity contribution < 1.29 is 14.3 Å². The third-order valence-corrected chi connectivity index (χ3v) is 8.47. The minimum atomic E-state index is -1.72. The van der Waals surface area contributed by atoms with E-state index in [9.17, 15) is 14.3 Å². The van der Waals surface area contributed by atoms with Crippen LogP contribution in [0.15, 0.2) is 30.7 Å². The van der Waals surface area contributed by atoms with Crippen molar-refractivity contribution >= 4 is 40.1 Å². The van der Waals surface area contributed by atoms with Gasteiger partial charge in [0, 0.05) is 57.2 Å². The molecule has 10 nitrogen and oxygen atoms in total. The Balaban J connectivity index is 1.26. The van der Waals surface area contributed by atoms with Crippen molar-refractivity contribution in [3.05, 3.63) is 36.3 Å². The number of amides is 1. The number of carbonyl (C=O) groups excluding carboxylic acids is 1. The first kappa shape index (κ1) is 25.7. The Hall–Kier alpha value is -3.60. The molecule has 0 saturated carbocycles. The first-order valence-corrected chi connectivity index (χ1v) is 13.6. The first-order chi connectivity index (χ1) is 18.6. The average molecular weight is 535 g/mol. The fourth-order valence-electron chi connectivity index (χ4n) is 6.05. The topological polar surface area (TPSA) is 111 Å². The Kier molecular flexibility index (Phi) is 6.09. The number of hydrogen-bond acceptors (Lipinski definition) is 9. The number of nitrogens with one attached hydrogen (secondary N) is 1. The second-order valence-corrected chi connectivity index (χ2v) is 11.8. The molecule has 1 spiro atoms. The molecule has 3 aromatic rings. The monoisotopic (exact) mass is 534 g/mol. The third-order valence-electron chi connectivity index (χ3n) is 8.47. The summed E-state index contributed by atoms with van der Waals surface area (Å²) in [5.41, 5.74) is -0.893. The van der Waals surface area contributed by atoms with E-state index < -0.39 is 11.8 Å². The summed E-state index contributed by atoms with van der Waals surface area (Å²) in [6.07, 6.45) is 5.61. The number of aliphatic hydroxyl groups is 1. The lowest BCUT2D eigenvalue weighted by Gasteiger charge is -2.47. The van der Waals surface area contributed by atoms with Gasteiger partial charge in [-0.05, 0) is 48.8 Å². The zero-order valence-electron chi connectivity index (χ0n) is 22.9. The maximum Gasteiger partial charge on any atom is 0.232 e. The number of carbonyl (C=O) groups is 1. The molecule has 1 amide bonds. The average Bonchev–Trinajstić information content (AvgIpc) is 3.18. The number of nitrogens with zero attached hydrogens (tertiary/aromatic N) is 7. The lowest BCUT2D eigenvalue weighted by atomic mass is 9.78. The Bertz CT molecular complexity index is 1420. The van der Waals surface area contributed by atoms with E-state index in [2.05, 4.69) is 39.0 Å². The summed E-state index contributed by atoms with van der Waals surface area (Å²) in [5.74, 6) is 2.92. The largest absolute Gasteiger partial charge is 0.390 e. The van der Waals surface area contributed by atoms with Crippen LogP contribution < -0.4 is 15.1 Å². The minimum Gasteiger partial charge on any atom is -0.390 e. The minimum absolute atomic E-state index is 0.0268. The summed E-state index contributed by atoms with van der Waals surface area (Å²) >= 11 is 0. The highest BCUT2D eigenvalue weighted by atomic mass is 19.1. The molecule has 3 saturated heterocycles. The van der Waals surface area contributed by atoms with Gasteiger partial charge < -0.3 is 25.1 Å². The second kappa shape index (κ2) is 9.25. The molecule has 11 heteroatoms. The van der Waals surface area contributed by atoms with Crippen LogP contribution in [-0.2, 0) is 4.79 Å². The number of halogens is 1. The summed E-state index contributed by atoms with van der Waals surface area (Å²) in [6.45, 7) is 8.35. The lowest BCUT2D eigenvalue weighted by Crippen LogP contribution is -2.60. The van der Waals surface area contributed by atoms with Crippen molar-refractivity contribution in [2.75, 3.05) is 54.9 Å². The molecular formula is C28H35FN8O2. The van der Waals surface area contributed by atoms with E-state index >= 15 is 0 Å². The Morgan fingerprint density at radius 1 is 1.08 bits per heavy atom. The van der Waals surface area contributed by atoms with Gasteiger partial charge in [0.1, 0.15) is 17.5 Å². The van der Waals surface area contributed by atoms with Gasteiger partial charge in [-0.15, -0.1) is 0 Å². The molecule has 3 fully saturated rings. The van der Waals surface area contributed by atoms with Crippen LogP contribution in [-0.4, -0.2) is 87.4 Å². The fraction of sp³-hybridized carbons (Fsp3) is 0.536. The summed E-state index contributed by atoms with van der Waals surface area (Å²) in [6, 6.07) is 3.76. The zero-order valence-corrected chi connectivity index (χ0v) is 22.9. The highest BCUT2D eigenvalue weighted by Crippen LogP contribution is 2.44. The van der Waals surface area contributed by atoms with E-state index in [0.29, 0.717) is 43.6 Å². The molecule has 0 radical (unpaired) electrons. The van der Waals surface area contributed by atoms with Crippen LogP contribution in [0.3, 0.4) is 0 Å². The van der Waals surface area contributed by atoms with Crippen LogP contribution in [0, 0.1) is 5.41 Å². The number of anilines is 4. The van der Waals surface area contributed by atoms with Gasteiger partial charge in [-0.25, -0.2) is 19.3 Å². The first-order valence-electron chi connectivity index (χ1n) is 13.6. The Morgan fingerprint density at radius 3 is 2.56 bits per heavy atom. The van der Waals surface area contributed by atoms with E-state index in [1.54, 1.807) is 17.2 Å². The van der Waals surface area contributed by atoms with Crippen molar-refractivity contribution in [2.24, 2.45) is 5.41 Å². The molecule has 0 bridgehead atoms. The van der Waals surface area contributed by atoms with Crippen molar-refractivity contribution in [1.29, 1.82) is 0 Å². The van der Waals surface area contributed by atoms with Gasteiger partial charge in [0.25, 0.3) is 0 Å². The van der Waals surface area contributed by atoms with E-state index in [-0.39, 0.29) is 23.8 Å². The van der Waals surface area contributed by atoms with Gasteiger partial charge in [0.2, 0.25) is 11.9 Å². The van der Waals surface area contributed by atoms with Crippen molar-refractivity contribution in [2.45, 2.75) is 51.3 Å². The number of fused-ring (bicyclic) bond motifs is 1. The molecule has 6 rings (SSSR count). The number of rotatable bonds is 5. The standard InChI is InChI=1S/C28H35FN8O2/c1-17(2)19-12-32-24(37-15-28(16-37)7-10-35(4)25(28)39)20-13-31-23(11-18(19)20)33-22-5-8-30-26(34-22)36-9-6-21(38)27(3,29)14-36/h5,8,11-13,17,21,38H,6-7,9-10,14-16H2,1-4H3,(H,30,31,33,34)/t21-,27+/m1/s1.